The Morgan fingerprint density at radius 1 is 1.42 bits per heavy atom. The molecule has 3 amide bonds. The second-order valence-electron chi connectivity index (χ2n) is 2.44. The van der Waals surface area contributed by atoms with Gasteiger partial charge in [0.1, 0.15) is 0 Å². The van der Waals surface area contributed by atoms with E-state index in [2.05, 4.69) is 12.2 Å². The summed E-state index contributed by atoms with van der Waals surface area (Å²) in [6.45, 7) is 2.98. The Morgan fingerprint density at radius 2 is 2.08 bits per heavy atom. The smallest absolute Gasteiger partial charge is 0.318 e. The molecule has 0 atom stereocenters. The molecule has 70 valence electrons. The predicted molar refractivity (Wildman–Crippen MR) is 45.5 cm³/mol. The van der Waals surface area contributed by atoms with E-state index < -0.39 is 11.9 Å². The number of urea groups is 1. The van der Waals surface area contributed by atoms with Crippen molar-refractivity contribution >= 4 is 11.9 Å². The first-order chi connectivity index (χ1) is 5.66. The third kappa shape index (κ3) is 7.01. The fraction of sp³-hybridized carbons (Fsp3) is 0.714. The molecule has 0 aliphatic heterocycles. The summed E-state index contributed by atoms with van der Waals surface area (Å²) in [5.74, 6) is -0.390. The van der Waals surface area contributed by atoms with Crippen LogP contribution >= 0.6 is 0 Å². The zero-order valence-corrected chi connectivity index (χ0v) is 7.22. The van der Waals surface area contributed by atoms with Crippen LogP contribution in [-0.2, 0) is 4.79 Å². The maximum Gasteiger partial charge on any atom is 0.318 e. The second kappa shape index (κ2) is 6.60. The van der Waals surface area contributed by atoms with Crippen molar-refractivity contribution in [3.05, 3.63) is 0 Å². The predicted octanol–water partition coefficient (Wildman–Crippen LogP) is -0.429. The van der Waals surface area contributed by atoms with Gasteiger partial charge in [0.25, 0.3) is 0 Å². The topological polar surface area (TPSA) is 84.2 Å². The number of imide groups is 1. The molecule has 0 radical (unpaired) electrons. The molecule has 5 heteroatoms. The van der Waals surface area contributed by atoms with Crippen LogP contribution in [0.5, 0.6) is 0 Å². The molecule has 0 saturated carbocycles. The summed E-state index contributed by atoms with van der Waals surface area (Å²) in [7, 11) is 0. The number of amides is 3. The first kappa shape index (κ1) is 10.9. The van der Waals surface area contributed by atoms with Crippen LogP contribution in [0.15, 0.2) is 0 Å². The Labute approximate surface area is 71.7 Å². The zero-order chi connectivity index (χ0) is 9.40. The SMILES string of the molecule is CCCCNCC(=O)NC(N)=O. The van der Waals surface area contributed by atoms with Crippen LogP contribution in [0.25, 0.3) is 0 Å². The summed E-state index contributed by atoms with van der Waals surface area (Å²) in [4.78, 5) is 20.9. The number of unbranched alkanes of at least 4 members (excludes halogenated alkanes) is 1. The zero-order valence-electron chi connectivity index (χ0n) is 7.22. The normalized spacial score (nSPS) is 9.42. The van der Waals surface area contributed by atoms with Crippen molar-refractivity contribution in [2.75, 3.05) is 13.1 Å². The van der Waals surface area contributed by atoms with Crippen molar-refractivity contribution < 1.29 is 9.59 Å². The number of hydrogen-bond donors (Lipinski definition) is 3. The molecule has 12 heavy (non-hydrogen) atoms. The van der Waals surface area contributed by atoms with Crippen LogP contribution in [0.3, 0.4) is 0 Å². The Kier molecular flexibility index (Phi) is 6.00. The van der Waals surface area contributed by atoms with Gasteiger partial charge in [-0.15, -0.1) is 0 Å². The largest absolute Gasteiger partial charge is 0.351 e. The molecule has 0 spiro atoms. The van der Waals surface area contributed by atoms with E-state index in [1.165, 1.54) is 0 Å². The fourth-order valence-corrected chi connectivity index (χ4v) is 0.685. The van der Waals surface area contributed by atoms with Crippen LogP contribution in [0.1, 0.15) is 19.8 Å². The Morgan fingerprint density at radius 3 is 2.58 bits per heavy atom. The summed E-state index contributed by atoms with van der Waals surface area (Å²) in [6, 6.07) is -0.808. The Bertz CT molecular complexity index is 159. The third-order valence-electron chi connectivity index (χ3n) is 1.26. The number of hydrogen-bond acceptors (Lipinski definition) is 3. The molecule has 5 nitrogen and oxygen atoms in total. The lowest BCUT2D eigenvalue weighted by molar-refractivity contribution is -0.119. The van der Waals surface area contributed by atoms with Gasteiger partial charge in [0.05, 0.1) is 6.54 Å². The van der Waals surface area contributed by atoms with Crippen molar-refractivity contribution in [2.45, 2.75) is 19.8 Å². The van der Waals surface area contributed by atoms with E-state index in [1.807, 2.05) is 5.32 Å². The van der Waals surface area contributed by atoms with Gasteiger partial charge in [-0.2, -0.15) is 0 Å². The highest BCUT2D eigenvalue weighted by Gasteiger charge is 2.01. The van der Waals surface area contributed by atoms with E-state index >= 15 is 0 Å². The fourth-order valence-electron chi connectivity index (χ4n) is 0.685. The number of carbonyl (C=O) groups is 2. The van der Waals surface area contributed by atoms with E-state index in [1.54, 1.807) is 0 Å². The van der Waals surface area contributed by atoms with Crippen molar-refractivity contribution in [2.24, 2.45) is 5.73 Å². The van der Waals surface area contributed by atoms with Crippen molar-refractivity contribution in [3.8, 4) is 0 Å². The number of carbonyl (C=O) groups excluding carboxylic acids is 2. The van der Waals surface area contributed by atoms with E-state index in [0.717, 1.165) is 19.4 Å². The minimum absolute atomic E-state index is 0.142. The molecule has 0 fully saturated rings. The van der Waals surface area contributed by atoms with E-state index in [9.17, 15) is 9.59 Å². The molecule has 0 bridgehead atoms. The van der Waals surface area contributed by atoms with Crippen molar-refractivity contribution in [1.82, 2.24) is 10.6 Å². The molecule has 0 aromatic rings. The van der Waals surface area contributed by atoms with Gasteiger partial charge in [0.2, 0.25) is 5.91 Å². The highest BCUT2D eigenvalue weighted by molar-refractivity contribution is 5.94. The van der Waals surface area contributed by atoms with Gasteiger partial charge in [-0.05, 0) is 13.0 Å². The van der Waals surface area contributed by atoms with E-state index in [0.29, 0.717) is 0 Å². The average molecular weight is 173 g/mol. The van der Waals surface area contributed by atoms with Crippen LogP contribution in [0.4, 0.5) is 4.79 Å². The lowest BCUT2D eigenvalue weighted by Gasteiger charge is -2.02. The van der Waals surface area contributed by atoms with E-state index in [-0.39, 0.29) is 6.54 Å². The van der Waals surface area contributed by atoms with E-state index in [4.69, 9.17) is 5.73 Å². The van der Waals surface area contributed by atoms with Gasteiger partial charge in [0.15, 0.2) is 0 Å². The lowest BCUT2D eigenvalue weighted by Crippen LogP contribution is -2.40. The molecule has 0 saturated heterocycles. The Balaban J connectivity index is 3.26. The molecular formula is C7H15N3O2. The van der Waals surface area contributed by atoms with Gasteiger partial charge in [-0.25, -0.2) is 4.79 Å². The highest BCUT2D eigenvalue weighted by Crippen LogP contribution is 1.81. The summed E-state index contributed by atoms with van der Waals surface area (Å²) < 4.78 is 0. The number of primary amides is 1. The highest BCUT2D eigenvalue weighted by atomic mass is 16.2. The molecule has 0 aliphatic rings. The van der Waals surface area contributed by atoms with Crippen LogP contribution in [-0.4, -0.2) is 25.0 Å². The summed E-state index contributed by atoms with van der Waals surface area (Å²) in [5, 5.41) is 4.83. The number of nitrogens with two attached hydrogens (primary N) is 1. The summed E-state index contributed by atoms with van der Waals surface area (Å²) >= 11 is 0. The minimum Gasteiger partial charge on any atom is -0.351 e. The maximum absolute atomic E-state index is 10.7. The monoisotopic (exact) mass is 173 g/mol. The van der Waals surface area contributed by atoms with Gasteiger partial charge >= 0.3 is 6.03 Å². The van der Waals surface area contributed by atoms with Crippen molar-refractivity contribution in [1.29, 1.82) is 0 Å². The quantitative estimate of drug-likeness (QED) is 0.493. The minimum atomic E-state index is -0.808. The van der Waals surface area contributed by atoms with Crippen molar-refractivity contribution in [3.63, 3.8) is 0 Å². The summed E-state index contributed by atoms with van der Waals surface area (Å²) in [6.07, 6.45) is 2.09. The molecule has 0 aromatic heterocycles. The van der Waals surface area contributed by atoms with Gasteiger partial charge < -0.3 is 11.1 Å². The first-order valence-electron chi connectivity index (χ1n) is 3.96. The first-order valence-corrected chi connectivity index (χ1v) is 3.96. The summed E-state index contributed by atoms with van der Waals surface area (Å²) in [5.41, 5.74) is 4.73. The second-order valence-corrected chi connectivity index (χ2v) is 2.44. The molecule has 0 aliphatic carbocycles. The standard InChI is InChI=1S/C7H15N3O2/c1-2-3-4-9-5-6(11)10-7(8)12/h9H,2-5H2,1H3,(H3,8,10,11,12). The average Bonchev–Trinajstić information content (AvgIpc) is 1.97. The molecular weight excluding hydrogens is 158 g/mol. The molecule has 0 rings (SSSR count). The van der Waals surface area contributed by atoms with Gasteiger partial charge in [0, 0.05) is 0 Å². The molecule has 0 heterocycles. The molecule has 4 N–H and O–H groups in total. The lowest BCUT2D eigenvalue weighted by atomic mass is 10.3. The van der Waals surface area contributed by atoms with Crippen LogP contribution in [0.2, 0.25) is 0 Å². The maximum atomic E-state index is 10.7. The Hall–Kier alpha value is -1.10. The number of rotatable bonds is 5. The third-order valence-corrected chi connectivity index (χ3v) is 1.26. The number of nitrogens with one attached hydrogen (secondary N) is 2. The van der Waals surface area contributed by atoms with Crippen LogP contribution in [0, 0.1) is 0 Å². The van der Waals surface area contributed by atoms with Crippen LogP contribution < -0.4 is 16.4 Å². The van der Waals surface area contributed by atoms with Gasteiger partial charge in [-0.1, -0.05) is 13.3 Å². The van der Waals surface area contributed by atoms with Gasteiger partial charge in [-0.3, -0.25) is 10.1 Å². The molecule has 0 aromatic carbocycles. The molecule has 0 unspecified atom stereocenters.